The van der Waals surface area contributed by atoms with Gasteiger partial charge in [-0.3, -0.25) is 0 Å². The molecule has 4 heteroatoms. The molecule has 0 saturated carbocycles. The van der Waals surface area contributed by atoms with Gasteiger partial charge in [-0.15, -0.1) is 0 Å². The molecule has 1 heterocycles. The van der Waals surface area contributed by atoms with Crippen molar-refractivity contribution in [3.05, 3.63) is 72.3 Å². The van der Waals surface area contributed by atoms with Crippen LogP contribution in [-0.2, 0) is 0 Å². The third kappa shape index (κ3) is 2.55. The summed E-state index contributed by atoms with van der Waals surface area (Å²) in [4.78, 5) is 7.68. The number of para-hydroxylation sites is 2. The van der Waals surface area contributed by atoms with Crippen LogP contribution in [0.25, 0.3) is 21.8 Å². The van der Waals surface area contributed by atoms with Crippen molar-refractivity contribution < 1.29 is 0 Å². The quantitative estimate of drug-likeness (QED) is 0.431. The molecule has 0 bridgehead atoms. The summed E-state index contributed by atoms with van der Waals surface area (Å²) in [5, 5.41) is 6.89. The van der Waals surface area contributed by atoms with Gasteiger partial charge in [0.2, 0.25) is 5.95 Å². The molecule has 3 aromatic carbocycles. The van der Waals surface area contributed by atoms with Gasteiger partial charge in [0.25, 0.3) is 0 Å². The minimum Gasteiger partial charge on any atom is -0.323 e. The molecule has 0 unspecified atom stereocenters. The van der Waals surface area contributed by atoms with Gasteiger partial charge >= 0.3 is 0 Å². The predicted octanol–water partition coefficient (Wildman–Crippen LogP) is 4.55. The fourth-order valence-electron chi connectivity index (χ4n) is 2.74. The maximum absolute atomic E-state index is 4.48. The first-order chi connectivity index (χ1) is 11.3. The van der Waals surface area contributed by atoms with Crippen LogP contribution in [0.15, 0.2) is 71.8 Å². The number of hydrogen-bond donors (Lipinski definition) is 2. The second-order valence-electron chi connectivity index (χ2n) is 5.44. The summed E-state index contributed by atoms with van der Waals surface area (Å²) in [5.74, 6) is 0.644. The van der Waals surface area contributed by atoms with Crippen LogP contribution >= 0.6 is 0 Å². The van der Waals surface area contributed by atoms with E-state index in [0.717, 1.165) is 22.3 Å². The topological polar surface area (TPSA) is 53.1 Å². The molecule has 0 aliphatic rings. The summed E-state index contributed by atoms with van der Waals surface area (Å²) in [6.45, 7) is 2.00. The van der Waals surface area contributed by atoms with Crippen LogP contribution in [0, 0.1) is 0 Å². The van der Waals surface area contributed by atoms with Gasteiger partial charge in [0.05, 0.1) is 16.7 Å². The summed E-state index contributed by atoms with van der Waals surface area (Å²) >= 11 is 0. The molecule has 112 valence electrons. The van der Waals surface area contributed by atoms with Crippen LogP contribution in [-0.4, -0.2) is 15.7 Å². The van der Waals surface area contributed by atoms with Crippen molar-refractivity contribution in [3.8, 4) is 0 Å². The zero-order valence-corrected chi connectivity index (χ0v) is 12.7. The molecule has 23 heavy (non-hydrogen) atoms. The highest BCUT2D eigenvalue weighted by atomic mass is 15.4. The van der Waals surface area contributed by atoms with E-state index in [2.05, 4.69) is 50.8 Å². The van der Waals surface area contributed by atoms with Crippen LogP contribution in [0.1, 0.15) is 12.5 Å². The average molecular weight is 300 g/mol. The van der Waals surface area contributed by atoms with Crippen molar-refractivity contribution in [2.75, 3.05) is 5.43 Å². The summed E-state index contributed by atoms with van der Waals surface area (Å²) in [5.41, 5.74) is 6.97. The number of hydrogen-bond acceptors (Lipinski definition) is 3. The third-order valence-corrected chi connectivity index (χ3v) is 3.90. The fourth-order valence-corrected chi connectivity index (χ4v) is 2.74. The average Bonchev–Trinajstić information content (AvgIpc) is 3.02. The first-order valence-electron chi connectivity index (χ1n) is 7.54. The number of aromatic nitrogens is 2. The number of nitrogens with zero attached hydrogens (tertiary/aromatic N) is 2. The van der Waals surface area contributed by atoms with E-state index in [4.69, 9.17) is 0 Å². The normalized spacial score (nSPS) is 12.0. The fraction of sp³-hybridized carbons (Fsp3) is 0.0526. The number of H-pyrrole nitrogens is 1. The van der Waals surface area contributed by atoms with Crippen molar-refractivity contribution in [2.24, 2.45) is 5.10 Å². The SMILES string of the molecule is CC(=NNc1nc2ccccc2[nH]1)c1cccc2ccccc12. The molecule has 0 fully saturated rings. The predicted molar refractivity (Wildman–Crippen MR) is 95.9 cm³/mol. The Hall–Kier alpha value is -3.14. The summed E-state index contributed by atoms with van der Waals surface area (Å²) < 4.78 is 0. The highest BCUT2D eigenvalue weighted by molar-refractivity contribution is 6.09. The first-order valence-corrected chi connectivity index (χ1v) is 7.54. The molecule has 4 nitrogen and oxygen atoms in total. The zero-order chi connectivity index (χ0) is 15.6. The van der Waals surface area contributed by atoms with E-state index in [0.29, 0.717) is 5.95 Å². The maximum atomic E-state index is 4.48. The molecule has 0 atom stereocenters. The molecule has 0 aliphatic carbocycles. The molecule has 1 aromatic heterocycles. The Morgan fingerprint density at radius 2 is 1.74 bits per heavy atom. The number of hydrazone groups is 1. The van der Waals surface area contributed by atoms with Crippen LogP contribution in [0.2, 0.25) is 0 Å². The minimum atomic E-state index is 0.644. The van der Waals surface area contributed by atoms with Gasteiger partial charge in [0.1, 0.15) is 0 Å². The molecule has 4 rings (SSSR count). The second kappa shape index (κ2) is 5.57. The van der Waals surface area contributed by atoms with E-state index < -0.39 is 0 Å². The molecule has 4 aromatic rings. The summed E-state index contributed by atoms with van der Waals surface area (Å²) in [7, 11) is 0. The smallest absolute Gasteiger partial charge is 0.222 e. The Bertz CT molecular complexity index is 976. The number of anilines is 1. The van der Waals surface area contributed by atoms with Crippen molar-refractivity contribution in [1.82, 2.24) is 9.97 Å². The van der Waals surface area contributed by atoms with Crippen LogP contribution in [0.3, 0.4) is 0 Å². The first kappa shape index (κ1) is 13.5. The van der Waals surface area contributed by atoms with E-state index in [9.17, 15) is 0 Å². The highest BCUT2D eigenvalue weighted by Crippen LogP contribution is 2.19. The molecular formula is C19H16N4. The summed E-state index contributed by atoms with van der Waals surface area (Å²) in [6, 6.07) is 22.5. The van der Waals surface area contributed by atoms with Gasteiger partial charge in [0, 0.05) is 5.56 Å². The number of imidazole rings is 1. The Morgan fingerprint density at radius 1 is 0.957 bits per heavy atom. The van der Waals surface area contributed by atoms with E-state index in [1.165, 1.54) is 10.8 Å². The van der Waals surface area contributed by atoms with Crippen molar-refractivity contribution in [2.45, 2.75) is 6.92 Å². The van der Waals surface area contributed by atoms with Crippen molar-refractivity contribution in [1.29, 1.82) is 0 Å². The lowest BCUT2D eigenvalue weighted by molar-refractivity contribution is 1.20. The molecule has 0 spiro atoms. The lowest BCUT2D eigenvalue weighted by Crippen LogP contribution is -2.01. The lowest BCUT2D eigenvalue weighted by atomic mass is 10.0. The largest absolute Gasteiger partial charge is 0.323 e. The van der Waals surface area contributed by atoms with Gasteiger partial charge in [-0.25, -0.2) is 10.4 Å². The Morgan fingerprint density at radius 3 is 2.65 bits per heavy atom. The monoisotopic (exact) mass is 300 g/mol. The second-order valence-corrected chi connectivity index (χ2v) is 5.44. The molecule has 0 amide bonds. The molecular weight excluding hydrogens is 284 g/mol. The molecule has 0 saturated heterocycles. The van der Waals surface area contributed by atoms with Crippen molar-refractivity contribution >= 4 is 33.5 Å². The molecule has 0 aliphatic heterocycles. The van der Waals surface area contributed by atoms with Gasteiger partial charge in [-0.2, -0.15) is 5.10 Å². The Kier molecular flexibility index (Phi) is 3.27. The van der Waals surface area contributed by atoms with Crippen LogP contribution in [0.5, 0.6) is 0 Å². The zero-order valence-electron chi connectivity index (χ0n) is 12.7. The summed E-state index contributed by atoms with van der Waals surface area (Å²) in [6.07, 6.45) is 0. The number of aromatic amines is 1. The third-order valence-electron chi connectivity index (χ3n) is 3.90. The van der Waals surface area contributed by atoms with E-state index in [1.54, 1.807) is 0 Å². The van der Waals surface area contributed by atoms with E-state index >= 15 is 0 Å². The van der Waals surface area contributed by atoms with Gasteiger partial charge < -0.3 is 4.98 Å². The standard InChI is InChI=1S/C19H16N4/c1-13(15-10-6-8-14-7-2-3-9-16(14)15)22-23-19-20-17-11-4-5-12-18(17)21-19/h2-12H,1H3,(H2,20,21,23). The van der Waals surface area contributed by atoms with Gasteiger partial charge in [-0.05, 0) is 29.8 Å². The molecule has 0 radical (unpaired) electrons. The molecule has 2 N–H and O–H groups in total. The van der Waals surface area contributed by atoms with Crippen LogP contribution in [0.4, 0.5) is 5.95 Å². The van der Waals surface area contributed by atoms with Gasteiger partial charge in [0.15, 0.2) is 0 Å². The highest BCUT2D eigenvalue weighted by Gasteiger charge is 2.04. The van der Waals surface area contributed by atoms with E-state index in [1.807, 2.05) is 43.3 Å². The van der Waals surface area contributed by atoms with Crippen LogP contribution < -0.4 is 5.43 Å². The number of benzene rings is 3. The van der Waals surface area contributed by atoms with E-state index in [-0.39, 0.29) is 0 Å². The Labute approximate surface area is 133 Å². The maximum Gasteiger partial charge on any atom is 0.222 e. The lowest BCUT2D eigenvalue weighted by Gasteiger charge is -2.06. The Balaban J connectivity index is 1.67. The number of nitrogens with one attached hydrogen (secondary N) is 2. The van der Waals surface area contributed by atoms with Gasteiger partial charge in [-0.1, -0.05) is 54.6 Å². The number of rotatable bonds is 3. The number of fused-ring (bicyclic) bond motifs is 2. The minimum absolute atomic E-state index is 0.644. The van der Waals surface area contributed by atoms with Crippen molar-refractivity contribution in [3.63, 3.8) is 0 Å².